The molecule has 1 aromatic heterocycles. The number of ether oxygens (including phenoxy) is 3. The monoisotopic (exact) mass is 567 g/mol. The molecule has 12 heteroatoms. The van der Waals surface area contributed by atoms with Crippen LogP contribution in [0.2, 0.25) is 0 Å². The minimum absolute atomic E-state index is 0.0264. The molecule has 212 valence electrons. The SMILES string of the molecule is COc1ccc(C(C(=O)NC2CCCC2)N(C(=O)c2snc(C(N)=O)c2N)c2cc(C)ccc2OC)cc1OC. The number of nitrogens with zero attached hydrogens (tertiary/aromatic N) is 2. The van der Waals surface area contributed by atoms with E-state index < -0.39 is 23.8 Å². The molecule has 5 N–H and O–H groups in total. The number of nitrogens with two attached hydrogens (primary N) is 2. The van der Waals surface area contributed by atoms with E-state index >= 15 is 0 Å². The summed E-state index contributed by atoms with van der Waals surface area (Å²) in [5, 5.41) is 3.13. The smallest absolute Gasteiger partial charge is 0.273 e. The third-order valence-electron chi connectivity index (χ3n) is 6.90. The molecule has 1 saturated carbocycles. The Morgan fingerprint density at radius 1 is 1.00 bits per heavy atom. The van der Waals surface area contributed by atoms with E-state index in [-0.39, 0.29) is 22.3 Å². The zero-order chi connectivity index (χ0) is 29.0. The van der Waals surface area contributed by atoms with E-state index in [0.717, 1.165) is 42.8 Å². The lowest BCUT2D eigenvalue weighted by atomic mass is 10.0. The molecule has 1 fully saturated rings. The van der Waals surface area contributed by atoms with Crippen molar-refractivity contribution in [1.29, 1.82) is 0 Å². The summed E-state index contributed by atoms with van der Waals surface area (Å²) in [6.07, 6.45) is 3.70. The topological polar surface area (TPSA) is 159 Å². The van der Waals surface area contributed by atoms with Crippen molar-refractivity contribution in [3.8, 4) is 17.2 Å². The van der Waals surface area contributed by atoms with E-state index in [9.17, 15) is 14.4 Å². The molecule has 4 rings (SSSR count). The van der Waals surface area contributed by atoms with Crippen molar-refractivity contribution in [3.63, 3.8) is 0 Å². The Kier molecular flexibility index (Phi) is 8.78. The highest BCUT2D eigenvalue weighted by Crippen LogP contribution is 2.40. The summed E-state index contributed by atoms with van der Waals surface area (Å²) in [6, 6.07) is 9.13. The van der Waals surface area contributed by atoms with Gasteiger partial charge in [0.2, 0.25) is 5.91 Å². The predicted molar refractivity (Wildman–Crippen MR) is 152 cm³/mol. The van der Waals surface area contributed by atoms with Crippen LogP contribution in [-0.2, 0) is 4.79 Å². The Balaban J connectivity index is 1.96. The minimum Gasteiger partial charge on any atom is -0.495 e. The number of nitrogen functional groups attached to an aromatic ring is 1. The number of carbonyl (C=O) groups excluding carboxylic acids is 3. The highest BCUT2D eigenvalue weighted by molar-refractivity contribution is 7.09. The molecular weight excluding hydrogens is 534 g/mol. The zero-order valence-corrected chi connectivity index (χ0v) is 23.7. The number of aromatic nitrogens is 1. The highest BCUT2D eigenvalue weighted by Gasteiger charge is 2.38. The van der Waals surface area contributed by atoms with Crippen LogP contribution in [0.15, 0.2) is 36.4 Å². The summed E-state index contributed by atoms with van der Waals surface area (Å²) in [5.41, 5.74) is 12.9. The lowest BCUT2D eigenvalue weighted by molar-refractivity contribution is -0.123. The molecule has 1 heterocycles. The zero-order valence-electron chi connectivity index (χ0n) is 22.9. The van der Waals surface area contributed by atoms with Gasteiger partial charge >= 0.3 is 0 Å². The Hall–Kier alpha value is -4.32. The summed E-state index contributed by atoms with van der Waals surface area (Å²) in [6.45, 7) is 1.86. The van der Waals surface area contributed by atoms with Crippen molar-refractivity contribution in [1.82, 2.24) is 9.69 Å². The molecule has 11 nitrogen and oxygen atoms in total. The van der Waals surface area contributed by atoms with Gasteiger partial charge in [0.25, 0.3) is 11.8 Å². The van der Waals surface area contributed by atoms with Crippen LogP contribution >= 0.6 is 11.5 Å². The van der Waals surface area contributed by atoms with Gasteiger partial charge in [0.1, 0.15) is 16.7 Å². The molecule has 3 aromatic rings. The maximum atomic E-state index is 14.4. The van der Waals surface area contributed by atoms with Gasteiger partial charge in [-0.15, -0.1) is 0 Å². The lowest BCUT2D eigenvalue weighted by Crippen LogP contribution is -2.46. The number of anilines is 2. The Bertz CT molecular complexity index is 1420. The molecule has 1 aliphatic rings. The van der Waals surface area contributed by atoms with E-state index in [2.05, 4.69) is 9.69 Å². The van der Waals surface area contributed by atoms with Gasteiger partial charge in [-0.3, -0.25) is 19.3 Å². The number of hydrogen-bond acceptors (Lipinski definition) is 9. The van der Waals surface area contributed by atoms with Crippen LogP contribution < -0.4 is 35.9 Å². The number of methoxy groups -OCH3 is 3. The molecular formula is C28H33N5O6S. The number of hydrogen-bond donors (Lipinski definition) is 3. The first kappa shape index (κ1) is 28.7. The maximum Gasteiger partial charge on any atom is 0.273 e. The summed E-state index contributed by atoms with van der Waals surface area (Å²) >= 11 is 0.740. The fourth-order valence-electron chi connectivity index (χ4n) is 4.88. The van der Waals surface area contributed by atoms with E-state index in [1.807, 2.05) is 13.0 Å². The van der Waals surface area contributed by atoms with E-state index in [1.54, 1.807) is 30.3 Å². The number of amides is 3. The number of nitrogens with one attached hydrogen (secondary N) is 1. The summed E-state index contributed by atoms with van der Waals surface area (Å²) in [7, 11) is 4.48. The van der Waals surface area contributed by atoms with Gasteiger partial charge < -0.3 is 31.0 Å². The number of aryl methyl sites for hydroxylation is 1. The standard InChI is InChI=1S/C28H33N5O6S/c1-15-9-11-19(37-2)18(13-15)33(28(36)25-22(29)23(26(30)34)32-40-25)24(27(35)31-17-7-5-6-8-17)16-10-12-20(38-3)21(14-16)39-4/h9-14,17,24H,5-8,29H2,1-4H3,(H2,30,34)(H,31,35). The normalized spacial score (nSPS) is 13.9. The lowest BCUT2D eigenvalue weighted by Gasteiger charge is -2.33. The second-order valence-corrected chi connectivity index (χ2v) is 10.3. The largest absolute Gasteiger partial charge is 0.495 e. The van der Waals surface area contributed by atoms with Crippen molar-refractivity contribution < 1.29 is 28.6 Å². The summed E-state index contributed by atoms with van der Waals surface area (Å²) in [5.74, 6) is -0.693. The van der Waals surface area contributed by atoms with Crippen molar-refractivity contribution in [2.45, 2.75) is 44.7 Å². The fourth-order valence-corrected chi connectivity index (χ4v) is 5.63. The molecule has 3 amide bonds. The first-order chi connectivity index (χ1) is 19.2. The molecule has 1 unspecified atom stereocenters. The van der Waals surface area contributed by atoms with E-state index in [0.29, 0.717) is 28.5 Å². The third-order valence-corrected chi connectivity index (χ3v) is 7.75. The number of rotatable bonds is 10. The van der Waals surface area contributed by atoms with Gasteiger partial charge in [-0.1, -0.05) is 25.0 Å². The molecule has 2 aromatic carbocycles. The fraction of sp³-hybridized carbons (Fsp3) is 0.357. The first-order valence-corrected chi connectivity index (χ1v) is 13.5. The average molecular weight is 568 g/mol. The quantitative estimate of drug-likeness (QED) is 0.335. The molecule has 40 heavy (non-hydrogen) atoms. The van der Waals surface area contributed by atoms with Crippen LogP contribution in [0.3, 0.4) is 0 Å². The van der Waals surface area contributed by atoms with Crippen molar-refractivity contribution in [2.75, 3.05) is 32.0 Å². The molecule has 0 bridgehead atoms. The van der Waals surface area contributed by atoms with E-state index in [1.165, 1.54) is 26.2 Å². The van der Waals surface area contributed by atoms with Crippen LogP contribution in [0.1, 0.15) is 63.0 Å². The maximum absolute atomic E-state index is 14.4. The Labute approximate surface area is 236 Å². The van der Waals surface area contributed by atoms with Crippen LogP contribution in [0.4, 0.5) is 11.4 Å². The van der Waals surface area contributed by atoms with Crippen molar-refractivity contribution >= 4 is 40.6 Å². The number of carbonyl (C=O) groups is 3. The van der Waals surface area contributed by atoms with Gasteiger partial charge in [-0.05, 0) is 66.7 Å². The summed E-state index contributed by atoms with van der Waals surface area (Å²) < 4.78 is 20.6. The average Bonchev–Trinajstić information content (AvgIpc) is 3.60. The molecule has 1 aliphatic carbocycles. The molecule has 0 saturated heterocycles. The van der Waals surface area contributed by atoms with Gasteiger partial charge in [0.05, 0.1) is 32.7 Å². The van der Waals surface area contributed by atoms with Gasteiger partial charge in [-0.25, -0.2) is 0 Å². The van der Waals surface area contributed by atoms with Gasteiger partial charge in [0.15, 0.2) is 17.2 Å². The number of benzene rings is 2. The van der Waals surface area contributed by atoms with Crippen molar-refractivity contribution in [2.24, 2.45) is 5.73 Å². The number of primary amides is 1. The second kappa shape index (κ2) is 12.2. The van der Waals surface area contributed by atoms with Gasteiger partial charge in [0, 0.05) is 6.04 Å². The highest BCUT2D eigenvalue weighted by atomic mass is 32.1. The third kappa shape index (κ3) is 5.67. The Morgan fingerprint density at radius 3 is 2.25 bits per heavy atom. The van der Waals surface area contributed by atoms with Crippen LogP contribution in [0.5, 0.6) is 17.2 Å². The summed E-state index contributed by atoms with van der Waals surface area (Å²) in [4.78, 5) is 41.7. The van der Waals surface area contributed by atoms with E-state index in [4.69, 9.17) is 25.7 Å². The van der Waals surface area contributed by atoms with Gasteiger partial charge in [-0.2, -0.15) is 4.37 Å². The predicted octanol–water partition coefficient (Wildman–Crippen LogP) is 3.61. The Morgan fingerprint density at radius 2 is 1.65 bits per heavy atom. The molecule has 0 aliphatic heterocycles. The van der Waals surface area contributed by atoms with Crippen molar-refractivity contribution in [3.05, 3.63) is 58.1 Å². The van der Waals surface area contributed by atoms with Crippen LogP contribution in [0, 0.1) is 6.92 Å². The molecule has 0 radical (unpaired) electrons. The van der Waals surface area contributed by atoms with Crippen LogP contribution in [-0.4, -0.2) is 49.5 Å². The second-order valence-electron chi connectivity index (χ2n) is 9.50. The van der Waals surface area contributed by atoms with Crippen LogP contribution in [0.25, 0.3) is 0 Å². The minimum atomic E-state index is -1.18. The molecule has 0 spiro atoms. The molecule has 1 atom stereocenters. The first-order valence-electron chi connectivity index (χ1n) is 12.8.